The second kappa shape index (κ2) is 9.97. The quantitative estimate of drug-likeness (QED) is 0.483. The fourth-order valence-electron chi connectivity index (χ4n) is 6.94. The van der Waals surface area contributed by atoms with Crippen LogP contribution in [0.4, 0.5) is 21.7 Å². The summed E-state index contributed by atoms with van der Waals surface area (Å²) in [5.74, 6) is 0.457. The maximum atomic E-state index is 14.1. The van der Waals surface area contributed by atoms with Crippen molar-refractivity contribution in [3.05, 3.63) is 30.7 Å². The van der Waals surface area contributed by atoms with Crippen molar-refractivity contribution in [2.45, 2.75) is 56.9 Å². The first-order chi connectivity index (χ1) is 19.7. The van der Waals surface area contributed by atoms with Crippen LogP contribution in [0.2, 0.25) is 0 Å². The lowest BCUT2D eigenvalue weighted by Gasteiger charge is -2.46. The molecule has 3 aromatic heterocycles. The van der Waals surface area contributed by atoms with Crippen molar-refractivity contribution in [2.24, 2.45) is 5.92 Å². The number of nitrogens with zero attached hydrogens (tertiary/aromatic N) is 9. The Hall–Kier alpha value is -3.74. The minimum absolute atomic E-state index is 0.0626. The normalized spacial score (nSPS) is 28.3. The van der Waals surface area contributed by atoms with Crippen LogP contribution in [-0.4, -0.2) is 115 Å². The van der Waals surface area contributed by atoms with Gasteiger partial charge in [0.25, 0.3) is 0 Å². The van der Waals surface area contributed by atoms with Gasteiger partial charge in [0.05, 0.1) is 17.6 Å². The maximum absolute atomic E-state index is 14.1. The first kappa shape index (κ1) is 26.2. The number of amides is 2. The number of fused-ring (bicyclic) bond motifs is 3. The van der Waals surface area contributed by atoms with E-state index >= 15 is 0 Å². The van der Waals surface area contributed by atoms with E-state index in [1.807, 2.05) is 23.2 Å². The summed E-state index contributed by atoms with van der Waals surface area (Å²) in [4.78, 5) is 39.1. The van der Waals surface area contributed by atoms with E-state index in [-0.39, 0.29) is 36.4 Å². The van der Waals surface area contributed by atoms with Gasteiger partial charge in [0, 0.05) is 69.7 Å². The zero-order valence-corrected chi connectivity index (χ0v) is 23.6. The molecular formula is C28H37FN10O2. The number of aromatic nitrogens is 5. The van der Waals surface area contributed by atoms with Gasteiger partial charge in [0.15, 0.2) is 5.65 Å². The molecule has 7 rings (SSSR count). The second-order valence-corrected chi connectivity index (χ2v) is 12.4. The minimum Gasteiger partial charge on any atom is -0.364 e. The molecule has 2 unspecified atom stereocenters. The smallest absolute Gasteiger partial charge is 0.247 e. The molecule has 0 radical (unpaired) electrons. The zero-order valence-electron chi connectivity index (χ0n) is 23.6. The Balaban J connectivity index is 1.02. The molecule has 0 aromatic carbocycles. The first-order valence-electron chi connectivity index (χ1n) is 14.6. The van der Waals surface area contributed by atoms with Crippen molar-refractivity contribution >= 4 is 34.8 Å². The lowest BCUT2D eigenvalue weighted by Crippen LogP contribution is -2.59. The highest BCUT2D eigenvalue weighted by atomic mass is 19.1. The number of hydrogen-bond acceptors (Lipinski definition) is 8. The summed E-state index contributed by atoms with van der Waals surface area (Å²) in [6.45, 7) is 6.48. The average Bonchev–Trinajstić information content (AvgIpc) is 3.62. The van der Waals surface area contributed by atoms with Crippen LogP contribution < -0.4 is 10.2 Å². The van der Waals surface area contributed by atoms with Crippen LogP contribution >= 0.6 is 0 Å². The number of likely N-dealkylation sites (N-methyl/N-ethyl adjacent to an activating group) is 1. The number of rotatable bonds is 6. The number of alkyl halides is 1. The molecule has 218 valence electrons. The molecule has 4 fully saturated rings. The molecule has 1 saturated carbocycles. The van der Waals surface area contributed by atoms with Gasteiger partial charge in [-0.15, -0.1) is 5.10 Å². The molecule has 13 heteroatoms. The van der Waals surface area contributed by atoms with Gasteiger partial charge < -0.3 is 24.9 Å². The molecule has 12 nitrogen and oxygen atoms in total. The van der Waals surface area contributed by atoms with Crippen LogP contribution in [-0.2, 0) is 16.1 Å². The molecule has 3 aliphatic heterocycles. The SMILES string of the molecule is CN1CCN(C(=O)Cn2cc(Nc3nc4c(N5CC6CCC(C5)N6C(=O)C5CC(C)(F)C5)cccn4n3)cn2)CC1. The van der Waals surface area contributed by atoms with Crippen LogP contribution in [0.25, 0.3) is 5.65 Å². The van der Waals surface area contributed by atoms with E-state index in [0.717, 1.165) is 63.4 Å². The van der Waals surface area contributed by atoms with E-state index in [9.17, 15) is 14.0 Å². The predicted octanol–water partition coefficient (Wildman–Crippen LogP) is 1.76. The van der Waals surface area contributed by atoms with E-state index in [1.165, 1.54) is 0 Å². The topological polar surface area (TPSA) is 107 Å². The number of nitrogens with one attached hydrogen (secondary N) is 1. The summed E-state index contributed by atoms with van der Waals surface area (Å²) >= 11 is 0. The van der Waals surface area contributed by atoms with Crippen LogP contribution in [0, 0.1) is 5.92 Å². The van der Waals surface area contributed by atoms with Crippen molar-refractivity contribution in [3.63, 3.8) is 0 Å². The Kier molecular flexibility index (Phi) is 6.36. The summed E-state index contributed by atoms with van der Waals surface area (Å²) in [5.41, 5.74) is 1.22. The van der Waals surface area contributed by atoms with Crippen molar-refractivity contribution in [1.82, 2.24) is 39.1 Å². The largest absolute Gasteiger partial charge is 0.364 e. The number of carbonyl (C=O) groups is 2. The van der Waals surface area contributed by atoms with Crippen LogP contribution in [0.5, 0.6) is 0 Å². The Bertz CT molecular complexity index is 1440. The van der Waals surface area contributed by atoms with E-state index in [4.69, 9.17) is 4.98 Å². The molecule has 1 aliphatic carbocycles. The van der Waals surface area contributed by atoms with Crippen molar-refractivity contribution in [3.8, 4) is 0 Å². The van der Waals surface area contributed by atoms with Gasteiger partial charge in [-0.2, -0.15) is 10.1 Å². The van der Waals surface area contributed by atoms with Crippen LogP contribution in [0.1, 0.15) is 32.6 Å². The third-order valence-electron chi connectivity index (χ3n) is 9.15. The van der Waals surface area contributed by atoms with Crippen LogP contribution in [0.3, 0.4) is 0 Å². The third kappa shape index (κ3) is 5.00. The summed E-state index contributed by atoms with van der Waals surface area (Å²) in [6.07, 6.45) is 7.95. The van der Waals surface area contributed by atoms with Gasteiger partial charge in [-0.05, 0) is 51.8 Å². The Morgan fingerprint density at radius 2 is 1.85 bits per heavy atom. The fourth-order valence-corrected chi connectivity index (χ4v) is 6.94. The van der Waals surface area contributed by atoms with Crippen molar-refractivity contribution in [1.29, 1.82) is 0 Å². The van der Waals surface area contributed by atoms with Crippen LogP contribution in [0.15, 0.2) is 30.7 Å². The molecule has 0 spiro atoms. The number of hydrogen-bond donors (Lipinski definition) is 1. The van der Waals surface area contributed by atoms with E-state index in [0.29, 0.717) is 24.5 Å². The lowest BCUT2D eigenvalue weighted by molar-refractivity contribution is -0.147. The highest BCUT2D eigenvalue weighted by Crippen LogP contribution is 2.44. The summed E-state index contributed by atoms with van der Waals surface area (Å²) in [7, 11) is 2.07. The second-order valence-electron chi connectivity index (χ2n) is 12.4. The number of carbonyl (C=O) groups excluding carboxylic acids is 2. The molecule has 1 N–H and O–H groups in total. The molecule has 4 aliphatic rings. The maximum Gasteiger partial charge on any atom is 0.247 e. The Labute approximate surface area is 238 Å². The lowest BCUT2D eigenvalue weighted by atomic mass is 9.72. The number of anilines is 3. The molecular weight excluding hydrogens is 527 g/mol. The van der Waals surface area contributed by atoms with Crippen molar-refractivity contribution in [2.75, 3.05) is 56.5 Å². The number of piperazine rings is 2. The predicted molar refractivity (Wildman–Crippen MR) is 151 cm³/mol. The zero-order chi connectivity index (χ0) is 28.3. The van der Waals surface area contributed by atoms with E-state index in [1.54, 1.807) is 28.5 Å². The highest BCUT2D eigenvalue weighted by molar-refractivity contribution is 5.82. The first-order valence-corrected chi connectivity index (χ1v) is 14.6. The van der Waals surface area contributed by atoms with Gasteiger partial charge >= 0.3 is 0 Å². The van der Waals surface area contributed by atoms with Gasteiger partial charge in [0.1, 0.15) is 12.2 Å². The molecule has 2 bridgehead atoms. The molecule has 2 atom stereocenters. The van der Waals surface area contributed by atoms with Crippen molar-refractivity contribution < 1.29 is 14.0 Å². The van der Waals surface area contributed by atoms with E-state index in [2.05, 4.69) is 37.3 Å². The Morgan fingerprint density at radius 3 is 2.56 bits per heavy atom. The summed E-state index contributed by atoms with van der Waals surface area (Å²) in [6, 6.07) is 4.27. The molecule has 3 saturated heterocycles. The molecule has 3 aromatic rings. The van der Waals surface area contributed by atoms with E-state index < -0.39 is 5.67 Å². The fraction of sp³-hybridized carbons (Fsp3) is 0.607. The Morgan fingerprint density at radius 1 is 1.12 bits per heavy atom. The minimum atomic E-state index is -1.20. The number of pyridine rings is 1. The van der Waals surface area contributed by atoms with Gasteiger partial charge in [0.2, 0.25) is 17.8 Å². The molecule has 2 amide bonds. The summed E-state index contributed by atoms with van der Waals surface area (Å²) < 4.78 is 17.5. The monoisotopic (exact) mass is 564 g/mol. The molecule has 6 heterocycles. The third-order valence-corrected chi connectivity index (χ3v) is 9.15. The van der Waals surface area contributed by atoms with Gasteiger partial charge in [-0.3, -0.25) is 14.3 Å². The average molecular weight is 565 g/mol. The standard InChI is InChI=1S/C28H37FN10O2/c1-28(29)12-19(13-28)26(41)39-21-5-6-22(39)17-36(16-21)23-4-3-7-38-25(23)32-27(33-38)31-20-14-30-37(15-20)18-24(40)35-10-8-34(2)9-11-35/h3-4,7,14-15,19,21-22H,5-6,8-13,16-18H2,1-2H3,(H,31,33). The molecule has 41 heavy (non-hydrogen) atoms. The van der Waals surface area contributed by atoms with Gasteiger partial charge in [-0.25, -0.2) is 8.91 Å². The highest BCUT2D eigenvalue weighted by Gasteiger charge is 2.50. The van der Waals surface area contributed by atoms with Gasteiger partial charge in [-0.1, -0.05) is 0 Å². The number of halogens is 1. The summed E-state index contributed by atoms with van der Waals surface area (Å²) in [5, 5.41) is 12.2.